The Morgan fingerprint density at radius 1 is 1.21 bits per heavy atom. The zero-order valence-corrected chi connectivity index (χ0v) is 12.6. The van der Waals surface area contributed by atoms with Gasteiger partial charge in [0.1, 0.15) is 0 Å². The Morgan fingerprint density at radius 2 is 2.00 bits per heavy atom. The van der Waals surface area contributed by atoms with Crippen LogP contribution in [0.4, 0.5) is 0 Å². The SMILES string of the molecule is C[C@H](NS(=O)(=O)c1cccc(Br)c1)c1ccccn1. The molecule has 100 valence electrons. The molecule has 0 saturated carbocycles. The van der Waals surface area contributed by atoms with Crippen LogP contribution in [0.2, 0.25) is 0 Å². The first-order chi connectivity index (χ1) is 8.99. The molecule has 0 bridgehead atoms. The Labute approximate surface area is 121 Å². The van der Waals surface area contributed by atoms with Gasteiger partial charge in [-0.2, -0.15) is 0 Å². The third-order valence-corrected chi connectivity index (χ3v) is 4.60. The van der Waals surface area contributed by atoms with Crippen LogP contribution < -0.4 is 4.72 Å². The fourth-order valence-corrected chi connectivity index (χ4v) is 3.44. The lowest BCUT2D eigenvalue weighted by Gasteiger charge is -2.13. The molecular weight excluding hydrogens is 328 g/mol. The van der Waals surface area contributed by atoms with Gasteiger partial charge in [-0.1, -0.05) is 28.1 Å². The lowest BCUT2D eigenvalue weighted by molar-refractivity contribution is 0.564. The van der Waals surface area contributed by atoms with Crippen molar-refractivity contribution in [2.75, 3.05) is 0 Å². The highest BCUT2D eigenvalue weighted by atomic mass is 79.9. The standard InChI is InChI=1S/C13H13BrN2O2S/c1-10(13-7-2-3-8-15-13)16-19(17,18)12-6-4-5-11(14)9-12/h2-10,16H,1H3/t10-/m0/s1. The highest BCUT2D eigenvalue weighted by molar-refractivity contribution is 9.10. The summed E-state index contributed by atoms with van der Waals surface area (Å²) in [7, 11) is -3.55. The molecule has 0 saturated heterocycles. The van der Waals surface area contributed by atoms with Crippen molar-refractivity contribution in [2.45, 2.75) is 17.9 Å². The number of benzene rings is 1. The van der Waals surface area contributed by atoms with Gasteiger partial charge in [-0.15, -0.1) is 0 Å². The normalized spacial score (nSPS) is 13.2. The molecule has 0 radical (unpaired) electrons. The van der Waals surface area contributed by atoms with Crippen LogP contribution in [0.3, 0.4) is 0 Å². The van der Waals surface area contributed by atoms with E-state index < -0.39 is 10.0 Å². The van der Waals surface area contributed by atoms with E-state index in [0.29, 0.717) is 5.69 Å². The van der Waals surface area contributed by atoms with Crippen LogP contribution >= 0.6 is 15.9 Å². The predicted molar refractivity (Wildman–Crippen MR) is 77.1 cm³/mol. The van der Waals surface area contributed by atoms with Crippen molar-refractivity contribution in [1.29, 1.82) is 0 Å². The van der Waals surface area contributed by atoms with Crippen LogP contribution in [0.1, 0.15) is 18.7 Å². The molecule has 4 nitrogen and oxygen atoms in total. The van der Waals surface area contributed by atoms with Gasteiger partial charge in [0.15, 0.2) is 0 Å². The Bertz CT molecular complexity index is 659. The molecule has 1 N–H and O–H groups in total. The summed E-state index contributed by atoms with van der Waals surface area (Å²) in [5, 5.41) is 0. The fourth-order valence-electron chi connectivity index (χ4n) is 1.63. The predicted octanol–water partition coefficient (Wildman–Crippen LogP) is 2.88. The third-order valence-electron chi connectivity index (χ3n) is 2.57. The summed E-state index contributed by atoms with van der Waals surface area (Å²) in [6.07, 6.45) is 1.64. The number of hydrogen-bond donors (Lipinski definition) is 1. The Morgan fingerprint density at radius 3 is 2.63 bits per heavy atom. The van der Waals surface area contributed by atoms with Crippen LogP contribution in [0.25, 0.3) is 0 Å². The minimum atomic E-state index is -3.55. The van der Waals surface area contributed by atoms with Crippen LogP contribution in [0.15, 0.2) is 58.0 Å². The molecule has 1 atom stereocenters. The second-order valence-electron chi connectivity index (χ2n) is 4.05. The van der Waals surface area contributed by atoms with Crippen molar-refractivity contribution < 1.29 is 8.42 Å². The van der Waals surface area contributed by atoms with Gasteiger partial charge in [-0.25, -0.2) is 13.1 Å². The largest absolute Gasteiger partial charge is 0.260 e. The van der Waals surface area contributed by atoms with E-state index >= 15 is 0 Å². The Kier molecular flexibility index (Phi) is 4.34. The van der Waals surface area contributed by atoms with Crippen molar-refractivity contribution in [3.63, 3.8) is 0 Å². The molecule has 1 aromatic heterocycles. The molecule has 0 aliphatic heterocycles. The lowest BCUT2D eigenvalue weighted by Crippen LogP contribution is -2.27. The molecule has 19 heavy (non-hydrogen) atoms. The molecule has 0 aliphatic rings. The topological polar surface area (TPSA) is 59.1 Å². The molecule has 0 spiro atoms. The van der Waals surface area contributed by atoms with Crippen molar-refractivity contribution in [3.8, 4) is 0 Å². The van der Waals surface area contributed by atoms with Gasteiger partial charge in [0.05, 0.1) is 16.6 Å². The van der Waals surface area contributed by atoms with Gasteiger partial charge in [-0.3, -0.25) is 4.98 Å². The maximum atomic E-state index is 12.2. The summed E-state index contributed by atoms with van der Waals surface area (Å²) in [6, 6.07) is 11.6. The number of rotatable bonds is 4. The second-order valence-corrected chi connectivity index (χ2v) is 6.68. The van der Waals surface area contributed by atoms with Crippen LogP contribution in [-0.4, -0.2) is 13.4 Å². The molecule has 0 unspecified atom stereocenters. The van der Waals surface area contributed by atoms with Crippen LogP contribution in [0, 0.1) is 0 Å². The molecule has 1 heterocycles. The lowest BCUT2D eigenvalue weighted by atomic mass is 10.2. The molecular formula is C13H13BrN2O2S. The average Bonchev–Trinajstić information content (AvgIpc) is 2.39. The monoisotopic (exact) mass is 340 g/mol. The van der Waals surface area contributed by atoms with Crippen molar-refractivity contribution in [2.24, 2.45) is 0 Å². The highest BCUT2D eigenvalue weighted by Gasteiger charge is 2.18. The van der Waals surface area contributed by atoms with E-state index in [1.807, 2.05) is 6.07 Å². The molecule has 0 amide bonds. The van der Waals surface area contributed by atoms with E-state index in [-0.39, 0.29) is 10.9 Å². The zero-order valence-electron chi connectivity index (χ0n) is 10.2. The number of nitrogens with one attached hydrogen (secondary N) is 1. The molecule has 2 rings (SSSR count). The zero-order chi connectivity index (χ0) is 13.9. The summed E-state index contributed by atoms with van der Waals surface area (Å²) in [6.45, 7) is 1.76. The molecule has 6 heteroatoms. The van der Waals surface area contributed by atoms with Crippen LogP contribution in [-0.2, 0) is 10.0 Å². The first kappa shape index (κ1) is 14.2. The quantitative estimate of drug-likeness (QED) is 0.930. The smallest absolute Gasteiger partial charge is 0.241 e. The van der Waals surface area contributed by atoms with Crippen molar-refractivity contribution >= 4 is 26.0 Å². The van der Waals surface area contributed by atoms with Gasteiger partial charge in [-0.05, 0) is 37.3 Å². The van der Waals surface area contributed by atoms with Crippen molar-refractivity contribution in [3.05, 3.63) is 58.8 Å². The molecule has 1 aromatic carbocycles. The molecule has 2 aromatic rings. The maximum absolute atomic E-state index is 12.2. The third kappa shape index (κ3) is 3.62. The molecule has 0 fully saturated rings. The summed E-state index contributed by atoms with van der Waals surface area (Å²) >= 11 is 3.26. The van der Waals surface area contributed by atoms with Crippen LogP contribution in [0.5, 0.6) is 0 Å². The van der Waals surface area contributed by atoms with E-state index in [0.717, 1.165) is 4.47 Å². The van der Waals surface area contributed by atoms with Crippen molar-refractivity contribution in [1.82, 2.24) is 9.71 Å². The van der Waals surface area contributed by atoms with E-state index in [2.05, 4.69) is 25.6 Å². The highest BCUT2D eigenvalue weighted by Crippen LogP contribution is 2.18. The van der Waals surface area contributed by atoms with Gasteiger partial charge >= 0.3 is 0 Å². The van der Waals surface area contributed by atoms with E-state index in [1.165, 1.54) is 0 Å². The van der Waals surface area contributed by atoms with E-state index in [4.69, 9.17) is 0 Å². The minimum Gasteiger partial charge on any atom is -0.260 e. The number of nitrogens with zero attached hydrogens (tertiary/aromatic N) is 1. The first-order valence-corrected chi connectivity index (χ1v) is 7.95. The maximum Gasteiger partial charge on any atom is 0.241 e. The van der Waals surface area contributed by atoms with Gasteiger partial charge in [0, 0.05) is 10.7 Å². The average molecular weight is 341 g/mol. The van der Waals surface area contributed by atoms with Gasteiger partial charge in [0.2, 0.25) is 10.0 Å². The second kappa shape index (κ2) is 5.81. The number of sulfonamides is 1. The summed E-state index contributed by atoms with van der Waals surface area (Å²) < 4.78 is 27.7. The number of pyridine rings is 1. The van der Waals surface area contributed by atoms with E-state index in [1.54, 1.807) is 49.5 Å². The Hall–Kier alpha value is -1.24. The van der Waals surface area contributed by atoms with Gasteiger partial charge < -0.3 is 0 Å². The summed E-state index contributed by atoms with van der Waals surface area (Å²) in [5.41, 5.74) is 0.682. The Balaban J connectivity index is 2.23. The fraction of sp³-hybridized carbons (Fsp3) is 0.154. The number of aromatic nitrogens is 1. The number of halogens is 1. The minimum absolute atomic E-state index is 0.227. The summed E-state index contributed by atoms with van der Waals surface area (Å²) in [4.78, 5) is 4.36. The first-order valence-electron chi connectivity index (χ1n) is 5.68. The summed E-state index contributed by atoms with van der Waals surface area (Å²) in [5.74, 6) is 0. The molecule has 0 aliphatic carbocycles. The number of hydrogen-bond acceptors (Lipinski definition) is 3. The van der Waals surface area contributed by atoms with Gasteiger partial charge in [0.25, 0.3) is 0 Å². The van der Waals surface area contributed by atoms with E-state index in [9.17, 15) is 8.42 Å².